The third-order valence-electron chi connectivity index (χ3n) is 4.89. The summed E-state index contributed by atoms with van der Waals surface area (Å²) in [6.45, 7) is 8.55. The van der Waals surface area contributed by atoms with Crippen LogP contribution in [0.5, 0.6) is 0 Å². The van der Waals surface area contributed by atoms with Crippen LogP contribution < -0.4 is 0 Å². The van der Waals surface area contributed by atoms with E-state index in [9.17, 15) is 19.2 Å². The lowest BCUT2D eigenvalue weighted by Gasteiger charge is -2.19. The molecule has 2 rings (SSSR count). The molecule has 0 saturated carbocycles. The van der Waals surface area contributed by atoms with Crippen LogP contribution in [-0.2, 0) is 38.1 Å². The molecule has 190 valence electrons. The molecular weight excluding hydrogens is 472 g/mol. The molecule has 0 spiro atoms. The lowest BCUT2D eigenvalue weighted by atomic mass is 10.0. The SMILES string of the molecule is C=C(C)C(=O)OCCOC(=O)C1C=CC(SC2C=CC(C(=O)OCCOC(=O)C(C)C)=CC2)=CC1. The van der Waals surface area contributed by atoms with Gasteiger partial charge in [-0.05, 0) is 19.8 Å². The Hall–Kier alpha value is -3.07. The molecule has 0 fully saturated rings. The third-order valence-corrected chi connectivity index (χ3v) is 6.12. The number of esters is 4. The maximum atomic E-state index is 12.2. The van der Waals surface area contributed by atoms with Gasteiger partial charge in [0.05, 0.1) is 17.4 Å². The van der Waals surface area contributed by atoms with E-state index < -0.39 is 11.9 Å². The molecule has 8 nitrogen and oxygen atoms in total. The summed E-state index contributed by atoms with van der Waals surface area (Å²) >= 11 is 1.64. The van der Waals surface area contributed by atoms with Crippen molar-refractivity contribution in [1.29, 1.82) is 0 Å². The summed E-state index contributed by atoms with van der Waals surface area (Å²) < 4.78 is 20.2. The van der Waals surface area contributed by atoms with E-state index in [4.69, 9.17) is 18.9 Å². The number of hydrogen-bond acceptors (Lipinski definition) is 9. The Labute approximate surface area is 210 Å². The summed E-state index contributed by atoms with van der Waals surface area (Å²) in [6, 6.07) is 0. The summed E-state index contributed by atoms with van der Waals surface area (Å²) in [5.74, 6) is -2.24. The first-order valence-electron chi connectivity index (χ1n) is 11.4. The van der Waals surface area contributed by atoms with Gasteiger partial charge in [0.25, 0.3) is 0 Å². The van der Waals surface area contributed by atoms with Gasteiger partial charge in [-0.15, -0.1) is 11.8 Å². The van der Waals surface area contributed by atoms with Gasteiger partial charge in [0.15, 0.2) is 0 Å². The molecule has 0 amide bonds. The van der Waals surface area contributed by atoms with Crippen molar-refractivity contribution in [3.8, 4) is 0 Å². The standard InChI is InChI=1S/C26H32O8S/c1-17(2)23(27)31-13-15-33-25(29)19-5-9-21(10-6-19)35-22-11-7-20(8-12-22)26(30)34-16-14-32-24(28)18(3)4/h5,7-11,18-19,22H,1,6,12-16H2,2-4H3. The highest BCUT2D eigenvalue weighted by atomic mass is 32.2. The molecule has 0 heterocycles. The summed E-state index contributed by atoms with van der Waals surface area (Å²) in [6.07, 6.45) is 12.4. The molecule has 2 atom stereocenters. The van der Waals surface area contributed by atoms with Gasteiger partial charge in [0, 0.05) is 15.7 Å². The van der Waals surface area contributed by atoms with Gasteiger partial charge in [-0.1, -0.05) is 56.9 Å². The first-order chi connectivity index (χ1) is 16.7. The molecule has 0 bridgehead atoms. The lowest BCUT2D eigenvalue weighted by Crippen LogP contribution is -2.20. The van der Waals surface area contributed by atoms with E-state index in [1.54, 1.807) is 38.6 Å². The van der Waals surface area contributed by atoms with Gasteiger partial charge in [0.2, 0.25) is 0 Å². The maximum Gasteiger partial charge on any atom is 0.337 e. The highest BCUT2D eigenvalue weighted by molar-refractivity contribution is 8.04. The van der Waals surface area contributed by atoms with E-state index in [0.717, 1.165) is 4.91 Å². The quantitative estimate of drug-likeness (QED) is 0.170. The first kappa shape index (κ1) is 28.2. The van der Waals surface area contributed by atoms with Crippen LogP contribution in [-0.4, -0.2) is 55.6 Å². The van der Waals surface area contributed by atoms with Crippen LogP contribution in [0.4, 0.5) is 0 Å². The van der Waals surface area contributed by atoms with Gasteiger partial charge in [-0.2, -0.15) is 0 Å². The zero-order valence-corrected chi connectivity index (χ0v) is 21.1. The van der Waals surface area contributed by atoms with E-state index in [0.29, 0.717) is 24.0 Å². The number of ether oxygens (including phenoxy) is 4. The normalized spacial score (nSPS) is 18.9. The predicted octanol–water partition coefficient (Wildman–Crippen LogP) is 3.84. The average Bonchev–Trinajstić information content (AvgIpc) is 2.84. The molecule has 0 aromatic heterocycles. The molecule has 2 unspecified atom stereocenters. The Morgan fingerprint density at radius 1 is 0.943 bits per heavy atom. The zero-order chi connectivity index (χ0) is 25.8. The fourth-order valence-corrected chi connectivity index (χ4v) is 3.96. The summed E-state index contributed by atoms with van der Waals surface area (Å²) in [5.41, 5.74) is 0.768. The Kier molecular flexibility index (Phi) is 11.6. The molecule has 0 radical (unpaired) electrons. The molecule has 9 heteroatoms. The Balaban J connectivity index is 1.66. The summed E-state index contributed by atoms with van der Waals surface area (Å²) in [5, 5.41) is 0.154. The van der Waals surface area contributed by atoms with Crippen LogP contribution in [0.1, 0.15) is 33.6 Å². The molecule has 0 aromatic carbocycles. The number of rotatable bonds is 12. The molecule has 2 aliphatic carbocycles. The highest BCUT2D eigenvalue weighted by Crippen LogP contribution is 2.33. The van der Waals surface area contributed by atoms with E-state index in [1.165, 1.54) is 0 Å². The minimum absolute atomic E-state index is 0.000575. The van der Waals surface area contributed by atoms with Crippen LogP contribution >= 0.6 is 11.8 Å². The zero-order valence-electron chi connectivity index (χ0n) is 20.3. The van der Waals surface area contributed by atoms with Crippen molar-refractivity contribution in [2.45, 2.75) is 38.9 Å². The number of carbonyl (C=O) groups excluding carboxylic acids is 4. The first-order valence-corrected chi connectivity index (χ1v) is 12.3. The molecule has 0 aliphatic heterocycles. The molecule has 2 aliphatic rings. The molecular formula is C26H32O8S. The average molecular weight is 505 g/mol. The second-order valence-electron chi connectivity index (χ2n) is 8.26. The lowest BCUT2D eigenvalue weighted by molar-refractivity contribution is -0.152. The fraction of sp³-hybridized carbons (Fsp3) is 0.462. The molecule has 35 heavy (non-hydrogen) atoms. The van der Waals surface area contributed by atoms with Gasteiger partial charge in [-0.25, -0.2) is 9.59 Å². The van der Waals surface area contributed by atoms with Crippen LogP contribution in [0.2, 0.25) is 0 Å². The molecule has 0 aromatic rings. The van der Waals surface area contributed by atoms with E-state index in [2.05, 4.69) is 6.58 Å². The topological polar surface area (TPSA) is 105 Å². The minimum Gasteiger partial charge on any atom is -0.462 e. The third kappa shape index (κ3) is 9.98. The Bertz CT molecular complexity index is 941. The van der Waals surface area contributed by atoms with Crippen molar-refractivity contribution in [3.63, 3.8) is 0 Å². The smallest absolute Gasteiger partial charge is 0.337 e. The van der Waals surface area contributed by atoms with Crippen molar-refractivity contribution < 1.29 is 38.1 Å². The summed E-state index contributed by atoms with van der Waals surface area (Å²) in [7, 11) is 0. The van der Waals surface area contributed by atoms with Gasteiger partial charge < -0.3 is 18.9 Å². The van der Waals surface area contributed by atoms with Gasteiger partial charge in [-0.3, -0.25) is 9.59 Å². The molecule has 0 saturated heterocycles. The fourth-order valence-electron chi connectivity index (χ4n) is 2.91. The van der Waals surface area contributed by atoms with Crippen molar-refractivity contribution in [2.24, 2.45) is 11.8 Å². The predicted molar refractivity (Wildman–Crippen MR) is 132 cm³/mol. The van der Waals surface area contributed by atoms with Gasteiger partial charge in [0.1, 0.15) is 26.4 Å². The molecule has 0 N–H and O–H groups in total. The number of allylic oxidation sites excluding steroid dienone is 3. The minimum atomic E-state index is -0.511. The van der Waals surface area contributed by atoms with Crippen molar-refractivity contribution in [2.75, 3.05) is 26.4 Å². The highest BCUT2D eigenvalue weighted by Gasteiger charge is 2.21. The number of carbonyl (C=O) groups is 4. The Morgan fingerprint density at radius 2 is 1.63 bits per heavy atom. The van der Waals surface area contributed by atoms with E-state index in [1.807, 2.05) is 30.4 Å². The van der Waals surface area contributed by atoms with Crippen molar-refractivity contribution >= 4 is 35.6 Å². The van der Waals surface area contributed by atoms with Crippen molar-refractivity contribution in [3.05, 3.63) is 59.1 Å². The summed E-state index contributed by atoms with van der Waals surface area (Å²) in [4.78, 5) is 48.1. The monoisotopic (exact) mass is 504 g/mol. The number of hydrogen-bond donors (Lipinski definition) is 0. The van der Waals surface area contributed by atoms with Crippen LogP contribution in [0.25, 0.3) is 0 Å². The second-order valence-corrected chi connectivity index (χ2v) is 9.57. The van der Waals surface area contributed by atoms with Crippen LogP contribution in [0.15, 0.2) is 59.1 Å². The largest absolute Gasteiger partial charge is 0.462 e. The number of thioether (sulfide) groups is 1. The van der Waals surface area contributed by atoms with Crippen LogP contribution in [0.3, 0.4) is 0 Å². The second kappa shape index (κ2) is 14.4. The van der Waals surface area contributed by atoms with Gasteiger partial charge >= 0.3 is 23.9 Å². The van der Waals surface area contributed by atoms with E-state index in [-0.39, 0.29) is 55.5 Å². The van der Waals surface area contributed by atoms with Crippen LogP contribution in [0, 0.1) is 11.8 Å². The van der Waals surface area contributed by atoms with E-state index >= 15 is 0 Å². The van der Waals surface area contributed by atoms with Crippen molar-refractivity contribution in [1.82, 2.24) is 0 Å². The Morgan fingerprint density at radius 3 is 2.23 bits per heavy atom. The maximum absolute atomic E-state index is 12.2.